The first-order chi connectivity index (χ1) is 15.7. The van der Waals surface area contributed by atoms with Crippen LogP contribution >= 0.6 is 11.6 Å². The van der Waals surface area contributed by atoms with E-state index in [-0.39, 0.29) is 30.0 Å². The number of carbonyl (C=O) groups excluding carboxylic acids is 1. The fourth-order valence-electron chi connectivity index (χ4n) is 5.10. The summed E-state index contributed by atoms with van der Waals surface area (Å²) in [5.74, 6) is 1.25. The molecule has 0 spiro atoms. The summed E-state index contributed by atoms with van der Waals surface area (Å²) < 4.78 is 0. The molecular formula is C25H34ClN5O2. The molecule has 4 atom stereocenters. The van der Waals surface area contributed by atoms with Crippen molar-refractivity contribution in [1.82, 2.24) is 20.2 Å². The highest BCUT2D eigenvalue weighted by Gasteiger charge is 2.37. The lowest BCUT2D eigenvalue weighted by molar-refractivity contribution is -0.134. The number of aliphatic hydroxyl groups is 1. The molecule has 1 aromatic heterocycles. The van der Waals surface area contributed by atoms with E-state index in [1.165, 1.54) is 0 Å². The number of halogens is 1. The molecule has 7 nitrogen and oxygen atoms in total. The number of nitrogens with zero attached hydrogens (tertiary/aromatic N) is 4. The molecular weight excluding hydrogens is 438 g/mol. The predicted octanol–water partition coefficient (Wildman–Crippen LogP) is 3.32. The Hall–Kier alpha value is -2.22. The van der Waals surface area contributed by atoms with E-state index in [1.807, 2.05) is 29.2 Å². The van der Waals surface area contributed by atoms with Crippen LogP contribution in [-0.4, -0.2) is 63.6 Å². The number of rotatable bonds is 6. The second kappa shape index (κ2) is 9.95. The van der Waals surface area contributed by atoms with Gasteiger partial charge in [-0.1, -0.05) is 44.5 Å². The van der Waals surface area contributed by atoms with Crippen LogP contribution < -0.4 is 10.2 Å². The molecule has 33 heavy (non-hydrogen) atoms. The first-order valence-electron chi connectivity index (χ1n) is 11.8. The number of amides is 1. The molecule has 0 saturated carbocycles. The second-order valence-electron chi connectivity index (χ2n) is 9.68. The lowest BCUT2D eigenvalue weighted by Gasteiger charge is -2.42. The molecule has 2 aromatic rings. The van der Waals surface area contributed by atoms with Gasteiger partial charge in [0.25, 0.3) is 0 Å². The maximum atomic E-state index is 13.5. The van der Waals surface area contributed by atoms with Gasteiger partial charge in [-0.05, 0) is 43.4 Å². The molecule has 1 saturated heterocycles. The molecule has 0 radical (unpaired) electrons. The monoisotopic (exact) mass is 471 g/mol. The summed E-state index contributed by atoms with van der Waals surface area (Å²) in [5.41, 5.74) is 2.89. The average Bonchev–Trinajstić information content (AvgIpc) is 3.08. The van der Waals surface area contributed by atoms with E-state index in [4.69, 9.17) is 11.6 Å². The van der Waals surface area contributed by atoms with Gasteiger partial charge in [0.1, 0.15) is 12.1 Å². The molecule has 8 heteroatoms. The Kier molecular flexibility index (Phi) is 7.22. The molecule has 1 fully saturated rings. The van der Waals surface area contributed by atoms with Crippen LogP contribution in [0.5, 0.6) is 0 Å². The van der Waals surface area contributed by atoms with Gasteiger partial charge in [-0.25, -0.2) is 9.97 Å². The highest BCUT2D eigenvalue weighted by Crippen LogP contribution is 2.43. The molecule has 2 N–H and O–H groups in total. The van der Waals surface area contributed by atoms with E-state index < -0.39 is 6.10 Å². The number of aromatic nitrogens is 2. The SMILES string of the molecule is CC(C)N[C@H](Cc1ccc(Cl)cc1)C(=O)N1CCN(c2ncnc3c2[C@H](C)C[C@H]3O)[C@@H](C)C1. The van der Waals surface area contributed by atoms with Crippen molar-refractivity contribution in [2.45, 2.75) is 70.7 Å². The van der Waals surface area contributed by atoms with Crippen LogP contribution in [0.1, 0.15) is 63.0 Å². The molecule has 1 amide bonds. The van der Waals surface area contributed by atoms with Gasteiger partial charge in [0.15, 0.2) is 0 Å². The topological polar surface area (TPSA) is 81.6 Å². The van der Waals surface area contributed by atoms with Crippen molar-refractivity contribution in [3.05, 3.63) is 52.4 Å². The van der Waals surface area contributed by atoms with Crippen molar-refractivity contribution < 1.29 is 9.90 Å². The molecule has 1 aliphatic carbocycles. The van der Waals surface area contributed by atoms with Gasteiger partial charge in [0.2, 0.25) is 5.91 Å². The summed E-state index contributed by atoms with van der Waals surface area (Å²) >= 11 is 6.03. The van der Waals surface area contributed by atoms with Crippen LogP contribution in [0.15, 0.2) is 30.6 Å². The van der Waals surface area contributed by atoms with E-state index in [2.05, 4.69) is 47.9 Å². The lowest BCUT2D eigenvalue weighted by atomic mass is 10.0. The summed E-state index contributed by atoms with van der Waals surface area (Å²) in [6.45, 7) is 10.3. The van der Waals surface area contributed by atoms with Gasteiger partial charge in [-0.2, -0.15) is 0 Å². The number of benzene rings is 1. The molecule has 2 heterocycles. The number of piperazine rings is 1. The average molecular weight is 472 g/mol. The van der Waals surface area contributed by atoms with Crippen molar-refractivity contribution in [3.8, 4) is 0 Å². The third-order valence-electron chi connectivity index (χ3n) is 6.68. The number of anilines is 1. The highest BCUT2D eigenvalue weighted by molar-refractivity contribution is 6.30. The van der Waals surface area contributed by atoms with Crippen molar-refractivity contribution >= 4 is 23.3 Å². The van der Waals surface area contributed by atoms with Gasteiger partial charge in [0.05, 0.1) is 17.8 Å². The molecule has 0 unspecified atom stereocenters. The van der Waals surface area contributed by atoms with Crippen LogP contribution in [-0.2, 0) is 11.2 Å². The van der Waals surface area contributed by atoms with Crippen LogP contribution in [0.25, 0.3) is 0 Å². The van der Waals surface area contributed by atoms with Crippen LogP contribution in [0.3, 0.4) is 0 Å². The summed E-state index contributed by atoms with van der Waals surface area (Å²) in [7, 11) is 0. The maximum Gasteiger partial charge on any atom is 0.240 e. The second-order valence-corrected chi connectivity index (χ2v) is 10.1. The van der Waals surface area contributed by atoms with E-state index in [9.17, 15) is 9.90 Å². The quantitative estimate of drug-likeness (QED) is 0.672. The van der Waals surface area contributed by atoms with Crippen molar-refractivity contribution in [2.75, 3.05) is 24.5 Å². The van der Waals surface area contributed by atoms with Crippen LogP contribution in [0.4, 0.5) is 5.82 Å². The van der Waals surface area contributed by atoms with Crippen molar-refractivity contribution in [2.24, 2.45) is 0 Å². The Labute approximate surface area is 201 Å². The van der Waals surface area contributed by atoms with Gasteiger partial charge < -0.3 is 20.2 Å². The Bertz CT molecular complexity index is 983. The minimum Gasteiger partial charge on any atom is -0.387 e. The van der Waals surface area contributed by atoms with Crippen molar-refractivity contribution in [1.29, 1.82) is 0 Å². The molecule has 2 aliphatic rings. The summed E-state index contributed by atoms with van der Waals surface area (Å²) in [6, 6.07) is 7.72. The molecule has 178 valence electrons. The van der Waals surface area contributed by atoms with E-state index >= 15 is 0 Å². The third kappa shape index (κ3) is 5.15. The zero-order valence-electron chi connectivity index (χ0n) is 19.8. The maximum absolute atomic E-state index is 13.5. The Balaban J connectivity index is 1.48. The van der Waals surface area contributed by atoms with E-state index in [0.717, 1.165) is 22.6 Å². The number of carbonyl (C=O) groups is 1. The van der Waals surface area contributed by atoms with Gasteiger partial charge >= 0.3 is 0 Å². The van der Waals surface area contributed by atoms with Crippen LogP contribution in [0.2, 0.25) is 5.02 Å². The number of hydrogen-bond donors (Lipinski definition) is 2. The predicted molar refractivity (Wildman–Crippen MR) is 131 cm³/mol. The third-order valence-corrected chi connectivity index (χ3v) is 6.93. The number of fused-ring (bicyclic) bond motifs is 1. The normalized spacial score (nSPS) is 23.7. The Morgan fingerprint density at radius 3 is 2.61 bits per heavy atom. The first-order valence-corrected chi connectivity index (χ1v) is 12.2. The molecule has 0 bridgehead atoms. The number of nitrogens with one attached hydrogen (secondary N) is 1. The minimum atomic E-state index is -0.523. The fourth-order valence-corrected chi connectivity index (χ4v) is 5.23. The highest BCUT2D eigenvalue weighted by atomic mass is 35.5. The summed E-state index contributed by atoms with van der Waals surface area (Å²) in [5, 5.41) is 14.5. The van der Waals surface area contributed by atoms with E-state index in [0.29, 0.717) is 37.5 Å². The lowest BCUT2D eigenvalue weighted by Crippen LogP contribution is -2.58. The van der Waals surface area contributed by atoms with Crippen LogP contribution in [0, 0.1) is 0 Å². The smallest absolute Gasteiger partial charge is 0.240 e. The number of aliphatic hydroxyl groups excluding tert-OH is 1. The van der Waals surface area contributed by atoms with E-state index in [1.54, 1.807) is 6.33 Å². The zero-order valence-corrected chi connectivity index (χ0v) is 20.6. The number of hydrogen-bond acceptors (Lipinski definition) is 6. The molecule has 1 aromatic carbocycles. The summed E-state index contributed by atoms with van der Waals surface area (Å²) in [6.07, 6.45) is 2.33. The Morgan fingerprint density at radius 1 is 1.21 bits per heavy atom. The molecule has 1 aliphatic heterocycles. The molecule has 4 rings (SSSR count). The van der Waals surface area contributed by atoms with Gasteiger partial charge in [-0.15, -0.1) is 0 Å². The largest absolute Gasteiger partial charge is 0.387 e. The van der Waals surface area contributed by atoms with Gasteiger partial charge in [0, 0.05) is 42.3 Å². The van der Waals surface area contributed by atoms with Gasteiger partial charge in [-0.3, -0.25) is 4.79 Å². The summed E-state index contributed by atoms with van der Waals surface area (Å²) in [4.78, 5) is 26.7. The fraction of sp³-hybridized carbons (Fsp3) is 0.560. The van der Waals surface area contributed by atoms with Crippen molar-refractivity contribution in [3.63, 3.8) is 0 Å². The minimum absolute atomic E-state index is 0.113. The zero-order chi connectivity index (χ0) is 23.7. The first kappa shape index (κ1) is 23.9. The Morgan fingerprint density at radius 2 is 1.94 bits per heavy atom. The standard InChI is InChI=1S/C25H34ClN5O2/c1-15(2)29-20(12-18-5-7-19(26)8-6-18)25(33)30-9-10-31(17(4)13-30)24-22-16(3)11-21(32)23(22)27-14-28-24/h5-8,14-17,20-21,29,32H,9-13H2,1-4H3/t16-,17+,20-,21-/m1/s1.